The number of aliphatic hydroxyl groups is 3. The topological polar surface area (TPSA) is 94.3 Å². The monoisotopic (exact) mass is 232 g/mol. The zero-order chi connectivity index (χ0) is 12.1. The third-order valence-corrected chi connectivity index (χ3v) is 2.63. The number of nitrogens with zero attached hydrogens (tertiary/aromatic N) is 1. The molecule has 6 heteroatoms. The van der Waals surface area contributed by atoms with Gasteiger partial charge in [-0.2, -0.15) is 0 Å². The molecule has 0 amide bonds. The van der Waals surface area contributed by atoms with Crippen LogP contribution in [0.25, 0.3) is 0 Å². The molecule has 0 saturated heterocycles. The van der Waals surface area contributed by atoms with E-state index in [1.54, 1.807) is 0 Å². The fourth-order valence-corrected chi connectivity index (χ4v) is 1.67. The van der Waals surface area contributed by atoms with Crippen molar-refractivity contribution in [1.82, 2.24) is 5.32 Å². The molecular weight excluding hydrogens is 212 g/mol. The van der Waals surface area contributed by atoms with Crippen molar-refractivity contribution < 1.29 is 20.1 Å². The smallest absolute Gasteiger partial charge is 0.285 e. The van der Waals surface area contributed by atoms with Gasteiger partial charge in [0.2, 0.25) is 0 Å². The quantitative estimate of drug-likeness (QED) is 0.473. The Hall–Kier alpha value is -0.850. The number of aliphatic imine (C=N–C) groups is 1. The van der Waals surface area contributed by atoms with Crippen molar-refractivity contribution in [1.29, 1.82) is 0 Å². The van der Waals surface area contributed by atoms with Crippen LogP contribution in [0.3, 0.4) is 0 Å². The highest BCUT2D eigenvalue weighted by atomic mass is 16.5. The van der Waals surface area contributed by atoms with Crippen molar-refractivity contribution in [2.24, 2.45) is 10.9 Å². The summed E-state index contributed by atoms with van der Waals surface area (Å²) in [6, 6.07) is 0.434. The van der Waals surface area contributed by atoms with E-state index in [-0.39, 0.29) is 12.7 Å². The first-order valence-corrected chi connectivity index (χ1v) is 5.52. The standard InChI is InChI=1S/C10H20N2O4/c1-3-11-10-12-4-8(16-10)7(5-13)9(15)6(2)14/h6-9,13-15H,3-5H2,1-2H3,(H,11,12)/t6-,7+,8?,9+/m1/s1. The maximum atomic E-state index is 9.70. The third-order valence-electron chi connectivity index (χ3n) is 2.63. The summed E-state index contributed by atoms with van der Waals surface area (Å²) in [6.45, 7) is 4.25. The Morgan fingerprint density at radius 1 is 1.56 bits per heavy atom. The number of nitrogens with one attached hydrogen (secondary N) is 1. The lowest BCUT2D eigenvalue weighted by atomic mass is 9.93. The van der Waals surface area contributed by atoms with Crippen LogP contribution in [0.4, 0.5) is 0 Å². The van der Waals surface area contributed by atoms with Crippen LogP contribution < -0.4 is 5.32 Å². The fourth-order valence-electron chi connectivity index (χ4n) is 1.67. The molecule has 1 aliphatic heterocycles. The van der Waals surface area contributed by atoms with Crippen LogP contribution in [0.1, 0.15) is 13.8 Å². The highest BCUT2D eigenvalue weighted by molar-refractivity contribution is 5.75. The first-order valence-electron chi connectivity index (χ1n) is 5.52. The molecule has 94 valence electrons. The van der Waals surface area contributed by atoms with Crippen LogP contribution >= 0.6 is 0 Å². The van der Waals surface area contributed by atoms with Crippen LogP contribution in [-0.4, -0.2) is 59.3 Å². The Kier molecular flexibility index (Phi) is 4.98. The van der Waals surface area contributed by atoms with Gasteiger partial charge < -0.3 is 25.4 Å². The van der Waals surface area contributed by atoms with Gasteiger partial charge in [-0.25, -0.2) is 4.99 Å². The van der Waals surface area contributed by atoms with Crippen LogP contribution in [0.2, 0.25) is 0 Å². The predicted molar refractivity (Wildman–Crippen MR) is 59.1 cm³/mol. The SMILES string of the molecule is CCNC1=NCC([C@H](CO)[C@@H](O)[C@@H](C)O)O1. The van der Waals surface area contributed by atoms with Gasteiger partial charge in [0.05, 0.1) is 25.4 Å². The van der Waals surface area contributed by atoms with Gasteiger partial charge in [-0.3, -0.25) is 0 Å². The Morgan fingerprint density at radius 3 is 2.75 bits per heavy atom. The van der Waals surface area contributed by atoms with Crippen molar-refractivity contribution in [3.05, 3.63) is 0 Å². The molecule has 0 aromatic rings. The van der Waals surface area contributed by atoms with Gasteiger partial charge in [0.15, 0.2) is 0 Å². The van der Waals surface area contributed by atoms with Gasteiger partial charge in [0.25, 0.3) is 6.02 Å². The summed E-state index contributed by atoms with van der Waals surface area (Å²) >= 11 is 0. The molecule has 6 nitrogen and oxygen atoms in total. The highest BCUT2D eigenvalue weighted by Crippen LogP contribution is 2.19. The number of amidine groups is 1. The molecule has 1 aliphatic rings. The summed E-state index contributed by atoms with van der Waals surface area (Å²) in [5.74, 6) is -0.528. The number of ether oxygens (including phenoxy) is 1. The summed E-state index contributed by atoms with van der Waals surface area (Å²) in [5, 5.41) is 31.1. The maximum absolute atomic E-state index is 9.70. The first-order chi connectivity index (χ1) is 7.60. The second kappa shape index (κ2) is 6.03. The average molecular weight is 232 g/mol. The molecule has 4 N–H and O–H groups in total. The molecule has 0 aromatic heterocycles. The van der Waals surface area contributed by atoms with E-state index in [1.165, 1.54) is 6.92 Å². The van der Waals surface area contributed by atoms with E-state index < -0.39 is 18.1 Å². The van der Waals surface area contributed by atoms with Crippen molar-refractivity contribution in [3.8, 4) is 0 Å². The number of rotatable bonds is 5. The van der Waals surface area contributed by atoms with Gasteiger partial charge in [0.1, 0.15) is 6.10 Å². The molecule has 0 aliphatic carbocycles. The minimum absolute atomic E-state index is 0.244. The predicted octanol–water partition coefficient (Wildman–Crippen LogP) is -1.30. The Labute approximate surface area is 95.0 Å². The zero-order valence-corrected chi connectivity index (χ0v) is 9.63. The van der Waals surface area contributed by atoms with Gasteiger partial charge >= 0.3 is 0 Å². The molecule has 16 heavy (non-hydrogen) atoms. The van der Waals surface area contributed by atoms with Crippen molar-refractivity contribution in [3.63, 3.8) is 0 Å². The van der Waals surface area contributed by atoms with Gasteiger partial charge in [0, 0.05) is 12.5 Å². The molecule has 1 unspecified atom stereocenters. The Morgan fingerprint density at radius 2 is 2.25 bits per heavy atom. The third kappa shape index (κ3) is 3.07. The van der Waals surface area contributed by atoms with Gasteiger partial charge in [-0.05, 0) is 13.8 Å². The van der Waals surface area contributed by atoms with E-state index in [0.717, 1.165) is 0 Å². The summed E-state index contributed by atoms with van der Waals surface area (Å²) in [7, 11) is 0. The minimum atomic E-state index is -1.01. The molecule has 0 aromatic carbocycles. The maximum Gasteiger partial charge on any atom is 0.285 e. The van der Waals surface area contributed by atoms with Crippen LogP contribution in [0, 0.1) is 5.92 Å². The van der Waals surface area contributed by atoms with Gasteiger partial charge in [-0.1, -0.05) is 0 Å². The normalized spacial score (nSPS) is 25.6. The summed E-state index contributed by atoms with van der Waals surface area (Å²) in [6.07, 6.45) is -2.29. The molecule has 1 rings (SSSR count). The summed E-state index contributed by atoms with van der Waals surface area (Å²) < 4.78 is 5.43. The number of hydrogen-bond acceptors (Lipinski definition) is 6. The highest BCUT2D eigenvalue weighted by Gasteiger charge is 2.35. The molecular formula is C10H20N2O4. The van der Waals surface area contributed by atoms with Crippen molar-refractivity contribution >= 4 is 6.02 Å². The fraction of sp³-hybridized carbons (Fsp3) is 0.900. The van der Waals surface area contributed by atoms with E-state index >= 15 is 0 Å². The molecule has 0 spiro atoms. The van der Waals surface area contributed by atoms with Crippen LogP contribution in [0.5, 0.6) is 0 Å². The zero-order valence-electron chi connectivity index (χ0n) is 9.63. The second-order valence-electron chi connectivity index (χ2n) is 3.91. The molecule has 0 radical (unpaired) electrons. The van der Waals surface area contributed by atoms with Gasteiger partial charge in [-0.15, -0.1) is 0 Å². The Balaban J connectivity index is 2.51. The number of hydrogen-bond donors (Lipinski definition) is 4. The van der Waals surface area contributed by atoms with E-state index in [2.05, 4.69) is 10.3 Å². The average Bonchev–Trinajstić information content (AvgIpc) is 2.68. The largest absolute Gasteiger partial charge is 0.460 e. The second-order valence-corrected chi connectivity index (χ2v) is 3.91. The van der Waals surface area contributed by atoms with E-state index in [1.807, 2.05) is 6.92 Å². The summed E-state index contributed by atoms with van der Waals surface area (Å²) in [5.41, 5.74) is 0. The minimum Gasteiger partial charge on any atom is -0.460 e. The lowest BCUT2D eigenvalue weighted by Crippen LogP contribution is -2.43. The first kappa shape index (κ1) is 13.2. The lowest BCUT2D eigenvalue weighted by Gasteiger charge is -2.27. The van der Waals surface area contributed by atoms with E-state index in [4.69, 9.17) is 4.74 Å². The molecule has 1 heterocycles. The Bertz CT molecular complexity index is 245. The van der Waals surface area contributed by atoms with Crippen molar-refractivity contribution in [2.45, 2.75) is 32.2 Å². The van der Waals surface area contributed by atoms with Crippen molar-refractivity contribution in [2.75, 3.05) is 19.7 Å². The number of aliphatic hydroxyl groups excluding tert-OH is 3. The molecule has 0 saturated carbocycles. The van der Waals surface area contributed by atoms with Crippen LogP contribution in [-0.2, 0) is 4.74 Å². The summed E-state index contributed by atoms with van der Waals surface area (Å²) in [4.78, 5) is 4.10. The van der Waals surface area contributed by atoms with E-state index in [0.29, 0.717) is 19.1 Å². The molecule has 4 atom stereocenters. The van der Waals surface area contributed by atoms with E-state index in [9.17, 15) is 15.3 Å². The molecule has 0 fully saturated rings. The molecule has 0 bridgehead atoms. The lowest BCUT2D eigenvalue weighted by molar-refractivity contribution is -0.0587. The van der Waals surface area contributed by atoms with Crippen LogP contribution in [0.15, 0.2) is 4.99 Å².